The SMILES string of the molecule is CC[C@H]1OC(=O)[C@H](C)[C@@H](O[C@H]2C[C@@](C)(OC)[C@@H](O)[C@H](C)O2)[C@H](C)[C@@H](O[C@@H]2O[C@H](C)C[C@H](N(C)C)[C@H]2O)[C@](C)(O)C[C@@H](C)CN(C)[C@H](C)[C@H]2CC(C)(N(C)C)O[C@@]21C. The van der Waals surface area contributed by atoms with E-state index in [1.54, 1.807) is 27.9 Å². The molecule has 4 aliphatic heterocycles. The van der Waals surface area contributed by atoms with E-state index < -0.39 is 89.5 Å². The van der Waals surface area contributed by atoms with Crippen LogP contribution in [0.1, 0.15) is 108 Å². The molecule has 4 fully saturated rings. The van der Waals surface area contributed by atoms with Crippen molar-refractivity contribution >= 4 is 5.97 Å². The number of ether oxygens (including phenoxy) is 7. The number of esters is 1. The molecule has 0 saturated carbocycles. The number of cyclic esters (lactones) is 1. The zero-order chi connectivity index (χ0) is 43.2. The maximum Gasteiger partial charge on any atom is 0.311 e. The standard InChI is InChI=1S/C43H81N3O11/c1-18-32-43(11)30(21-42(10,57-43)45(14)15)28(6)46(16)23-24(2)20-40(8,50)37(56-39-34(47)31(44(12)13)19-25(3)52-39)26(4)35(27(5)38(49)54-32)55-33-22-41(9,51-17)36(48)29(7)53-33/h24-37,39,47-48,50H,18-23H2,1-17H3/t24-,25-,26+,27-,28-,29+,30-,31+,32-,33+,34-,35+,36+,37-,39+,40-,41-,42?,43+/m1/s1. The molecule has 14 nitrogen and oxygen atoms in total. The van der Waals surface area contributed by atoms with Gasteiger partial charge in [-0.2, -0.15) is 0 Å². The number of hydrogen-bond donors (Lipinski definition) is 3. The van der Waals surface area contributed by atoms with Crippen molar-refractivity contribution < 1.29 is 53.3 Å². The maximum absolute atomic E-state index is 14.8. The normalized spacial score (nSPS) is 50.0. The van der Waals surface area contributed by atoms with Crippen molar-refractivity contribution in [3.05, 3.63) is 0 Å². The summed E-state index contributed by atoms with van der Waals surface area (Å²) in [6, 6.07) is -0.206. The van der Waals surface area contributed by atoms with E-state index >= 15 is 0 Å². The van der Waals surface area contributed by atoms with Gasteiger partial charge in [-0.15, -0.1) is 0 Å². The van der Waals surface area contributed by atoms with Crippen LogP contribution in [-0.2, 0) is 38.0 Å². The molecule has 19 atom stereocenters. The molecule has 0 aliphatic carbocycles. The van der Waals surface area contributed by atoms with Crippen molar-refractivity contribution in [3.63, 3.8) is 0 Å². The lowest BCUT2D eigenvalue weighted by atomic mass is 9.77. The van der Waals surface area contributed by atoms with Crippen LogP contribution >= 0.6 is 0 Å². The van der Waals surface area contributed by atoms with Crippen LogP contribution in [0.5, 0.6) is 0 Å². The van der Waals surface area contributed by atoms with Crippen LogP contribution in [-0.4, -0.2) is 175 Å². The first kappa shape index (κ1) is 48.7. The smallest absolute Gasteiger partial charge is 0.311 e. The highest BCUT2D eigenvalue weighted by molar-refractivity contribution is 5.73. The molecule has 0 aromatic carbocycles. The highest BCUT2D eigenvalue weighted by Crippen LogP contribution is 2.50. The monoisotopic (exact) mass is 816 g/mol. The summed E-state index contributed by atoms with van der Waals surface area (Å²) in [5.74, 6) is -2.04. The Labute approximate surface area is 344 Å². The van der Waals surface area contributed by atoms with Gasteiger partial charge >= 0.3 is 5.97 Å². The molecule has 14 heteroatoms. The van der Waals surface area contributed by atoms with E-state index in [0.717, 1.165) is 6.42 Å². The van der Waals surface area contributed by atoms with Crippen molar-refractivity contribution in [3.8, 4) is 0 Å². The van der Waals surface area contributed by atoms with Gasteiger partial charge in [-0.05, 0) is 122 Å². The van der Waals surface area contributed by atoms with Crippen LogP contribution in [0.2, 0.25) is 0 Å². The molecule has 4 saturated heterocycles. The van der Waals surface area contributed by atoms with Crippen LogP contribution in [0, 0.1) is 23.7 Å². The fourth-order valence-corrected chi connectivity index (χ4v) is 10.5. The molecule has 0 aromatic rings. The molecular formula is C43H81N3O11. The predicted octanol–water partition coefficient (Wildman–Crippen LogP) is 3.86. The van der Waals surface area contributed by atoms with Gasteiger partial charge in [0.15, 0.2) is 12.6 Å². The minimum atomic E-state index is -1.48. The van der Waals surface area contributed by atoms with Gasteiger partial charge in [0.05, 0.1) is 41.5 Å². The summed E-state index contributed by atoms with van der Waals surface area (Å²) in [5.41, 5.74) is -3.88. The van der Waals surface area contributed by atoms with Crippen molar-refractivity contribution in [1.29, 1.82) is 0 Å². The predicted molar refractivity (Wildman–Crippen MR) is 217 cm³/mol. The van der Waals surface area contributed by atoms with Crippen LogP contribution in [0.25, 0.3) is 0 Å². The average Bonchev–Trinajstić information content (AvgIpc) is 3.41. The quantitative estimate of drug-likeness (QED) is 0.304. The van der Waals surface area contributed by atoms with Crippen LogP contribution < -0.4 is 0 Å². The summed E-state index contributed by atoms with van der Waals surface area (Å²) in [6.45, 7) is 22.2. The third-order valence-electron chi connectivity index (χ3n) is 14.4. The lowest BCUT2D eigenvalue weighted by Gasteiger charge is -2.48. The van der Waals surface area contributed by atoms with Gasteiger partial charge in [0, 0.05) is 44.0 Å². The zero-order valence-corrected chi connectivity index (χ0v) is 38.4. The number of carbonyl (C=O) groups excluding carboxylic acids is 1. The number of aliphatic hydroxyl groups is 3. The molecule has 0 bridgehead atoms. The number of rotatable bonds is 8. The fourth-order valence-electron chi connectivity index (χ4n) is 10.5. The van der Waals surface area contributed by atoms with Crippen molar-refractivity contribution in [2.24, 2.45) is 23.7 Å². The second-order valence-electron chi connectivity index (χ2n) is 19.7. The van der Waals surface area contributed by atoms with E-state index in [2.05, 4.69) is 44.5 Å². The molecular weight excluding hydrogens is 734 g/mol. The molecule has 0 amide bonds. The molecule has 4 aliphatic rings. The van der Waals surface area contributed by atoms with E-state index in [1.807, 2.05) is 60.8 Å². The summed E-state index contributed by atoms with van der Waals surface area (Å²) in [4.78, 5) is 21.2. The summed E-state index contributed by atoms with van der Waals surface area (Å²) < 4.78 is 45.8. The van der Waals surface area contributed by atoms with Gasteiger partial charge in [0.2, 0.25) is 0 Å². The van der Waals surface area contributed by atoms with Gasteiger partial charge in [0.1, 0.15) is 29.6 Å². The minimum absolute atomic E-state index is 0.00148. The first-order valence-corrected chi connectivity index (χ1v) is 21.4. The Balaban J connectivity index is 1.85. The number of fused-ring (bicyclic) bond motifs is 1. The zero-order valence-electron chi connectivity index (χ0n) is 38.4. The molecule has 0 radical (unpaired) electrons. The molecule has 57 heavy (non-hydrogen) atoms. The van der Waals surface area contributed by atoms with Gasteiger partial charge in [0.25, 0.3) is 0 Å². The average molecular weight is 816 g/mol. The third-order valence-corrected chi connectivity index (χ3v) is 14.4. The van der Waals surface area contributed by atoms with Gasteiger partial charge in [-0.25, -0.2) is 0 Å². The first-order chi connectivity index (χ1) is 26.2. The summed E-state index contributed by atoms with van der Waals surface area (Å²) in [7, 11) is 11.5. The number of aliphatic hydroxyl groups excluding tert-OH is 2. The second kappa shape index (κ2) is 18.5. The maximum atomic E-state index is 14.8. The van der Waals surface area contributed by atoms with Gasteiger partial charge in [-0.1, -0.05) is 20.8 Å². The molecule has 1 unspecified atom stereocenters. The van der Waals surface area contributed by atoms with Gasteiger partial charge < -0.3 is 58.3 Å². The van der Waals surface area contributed by atoms with E-state index in [9.17, 15) is 20.1 Å². The summed E-state index contributed by atoms with van der Waals surface area (Å²) in [6.07, 6.45) is -4.82. The third kappa shape index (κ3) is 10.2. The van der Waals surface area contributed by atoms with E-state index in [4.69, 9.17) is 33.2 Å². The molecule has 3 N–H and O–H groups in total. The number of likely N-dealkylation sites (N-methyl/N-ethyl adjacent to an activating group) is 1. The van der Waals surface area contributed by atoms with Gasteiger partial charge in [-0.3, -0.25) is 9.69 Å². The lowest BCUT2D eigenvalue weighted by Crippen LogP contribution is -2.60. The highest BCUT2D eigenvalue weighted by atomic mass is 16.7. The Kier molecular flexibility index (Phi) is 15.8. The first-order valence-electron chi connectivity index (χ1n) is 21.4. The van der Waals surface area contributed by atoms with Crippen LogP contribution in [0.3, 0.4) is 0 Å². The van der Waals surface area contributed by atoms with Crippen molar-refractivity contribution in [2.75, 3.05) is 48.9 Å². The summed E-state index contributed by atoms with van der Waals surface area (Å²) >= 11 is 0. The largest absolute Gasteiger partial charge is 0.459 e. The molecule has 0 spiro atoms. The van der Waals surface area contributed by atoms with Crippen LogP contribution in [0.15, 0.2) is 0 Å². The highest BCUT2D eigenvalue weighted by Gasteiger charge is 2.59. The molecule has 4 heterocycles. The van der Waals surface area contributed by atoms with Crippen molar-refractivity contribution in [1.82, 2.24) is 14.7 Å². The lowest BCUT2D eigenvalue weighted by molar-refractivity contribution is -0.318. The topological polar surface area (TPSA) is 152 Å². The summed E-state index contributed by atoms with van der Waals surface area (Å²) in [5, 5.41) is 35.5. The second-order valence-corrected chi connectivity index (χ2v) is 19.7. The Morgan fingerprint density at radius 1 is 0.930 bits per heavy atom. The van der Waals surface area contributed by atoms with Crippen LogP contribution in [0.4, 0.5) is 0 Å². The number of carbonyl (C=O) groups is 1. The molecule has 4 rings (SSSR count). The Morgan fingerprint density at radius 2 is 1.56 bits per heavy atom. The number of hydrogen-bond acceptors (Lipinski definition) is 14. The molecule has 0 aromatic heterocycles. The van der Waals surface area contributed by atoms with E-state index in [1.165, 1.54) is 0 Å². The number of nitrogens with zero attached hydrogens (tertiary/aromatic N) is 3. The van der Waals surface area contributed by atoms with Crippen molar-refractivity contribution in [2.45, 2.75) is 198 Å². The van der Waals surface area contributed by atoms with E-state index in [0.29, 0.717) is 25.8 Å². The Hall–Kier alpha value is -1.01. The fraction of sp³-hybridized carbons (Fsp3) is 0.977. The molecule has 334 valence electrons. The van der Waals surface area contributed by atoms with E-state index in [-0.39, 0.29) is 36.4 Å². The Bertz CT molecular complexity index is 1320. The minimum Gasteiger partial charge on any atom is -0.459 e. The Morgan fingerprint density at radius 3 is 2.12 bits per heavy atom. The number of methoxy groups -OCH3 is 1.